The molecular weight excluding hydrogens is 525 g/mol. The highest BCUT2D eigenvalue weighted by Crippen LogP contribution is 2.37. The number of nitrogen functional groups attached to an aromatic ring is 1. The van der Waals surface area contributed by atoms with Gasteiger partial charge in [0.2, 0.25) is 5.91 Å². The highest BCUT2D eigenvalue weighted by atomic mass is 19.4. The van der Waals surface area contributed by atoms with Crippen LogP contribution in [-0.2, 0) is 16.1 Å². The van der Waals surface area contributed by atoms with E-state index in [-0.39, 0.29) is 23.2 Å². The fourth-order valence-corrected chi connectivity index (χ4v) is 4.74. The van der Waals surface area contributed by atoms with Crippen LogP contribution in [0.25, 0.3) is 28.0 Å². The van der Waals surface area contributed by atoms with Gasteiger partial charge in [0.05, 0.1) is 23.1 Å². The molecule has 1 aromatic carbocycles. The summed E-state index contributed by atoms with van der Waals surface area (Å²) in [5, 5.41) is 4.35. The fraction of sp³-hybridized carbons (Fsp3) is 0.370. The Labute approximate surface area is 229 Å². The Morgan fingerprint density at radius 3 is 2.50 bits per heavy atom. The van der Waals surface area contributed by atoms with E-state index < -0.39 is 18.3 Å². The number of nitrogens with two attached hydrogens (primary N) is 1. The van der Waals surface area contributed by atoms with Crippen molar-refractivity contribution in [1.29, 1.82) is 0 Å². The topological polar surface area (TPSA) is 115 Å². The van der Waals surface area contributed by atoms with Crippen molar-refractivity contribution in [3.8, 4) is 22.5 Å². The van der Waals surface area contributed by atoms with Crippen LogP contribution in [0.5, 0.6) is 0 Å². The zero-order chi connectivity index (χ0) is 29.4. The average molecular weight is 557 g/mol. The lowest BCUT2D eigenvalue weighted by Crippen LogP contribution is -2.61. The molecule has 40 heavy (non-hydrogen) atoms. The lowest BCUT2D eigenvalue weighted by Gasteiger charge is -2.44. The minimum Gasteiger partial charge on any atom is -0.382 e. The van der Waals surface area contributed by atoms with Gasteiger partial charge in [-0.3, -0.25) is 9.69 Å². The molecule has 4 aromatic rings. The van der Waals surface area contributed by atoms with Crippen LogP contribution in [0.4, 0.5) is 24.7 Å². The number of hydrogen-bond acceptors (Lipinski definition) is 7. The second-order valence-corrected chi connectivity index (χ2v) is 9.96. The van der Waals surface area contributed by atoms with Crippen molar-refractivity contribution in [3.63, 3.8) is 0 Å². The van der Waals surface area contributed by atoms with Gasteiger partial charge in [-0.25, -0.2) is 14.5 Å². The molecule has 4 heterocycles. The van der Waals surface area contributed by atoms with E-state index >= 15 is 0 Å². The summed E-state index contributed by atoms with van der Waals surface area (Å²) < 4.78 is 42.7. The van der Waals surface area contributed by atoms with Gasteiger partial charge in [0.15, 0.2) is 5.82 Å². The number of hydrogen-bond donors (Lipinski definition) is 1. The zero-order valence-corrected chi connectivity index (χ0v) is 22.9. The van der Waals surface area contributed by atoms with E-state index in [2.05, 4.69) is 15.1 Å². The van der Waals surface area contributed by atoms with E-state index in [1.807, 2.05) is 50.1 Å². The van der Waals surface area contributed by atoms with Crippen LogP contribution < -0.4 is 10.6 Å². The number of alkyl halides is 3. The molecule has 10 nitrogen and oxygen atoms in total. The molecule has 1 aliphatic rings. The molecule has 5 rings (SSSR count). The molecule has 2 N–H and O–H groups in total. The van der Waals surface area contributed by atoms with Crippen molar-refractivity contribution in [3.05, 3.63) is 48.7 Å². The van der Waals surface area contributed by atoms with Crippen LogP contribution >= 0.6 is 0 Å². The summed E-state index contributed by atoms with van der Waals surface area (Å²) in [6.07, 6.45) is -0.990. The van der Waals surface area contributed by atoms with E-state index in [9.17, 15) is 18.0 Å². The molecule has 1 fully saturated rings. The number of carbonyl (C=O) groups excluding carboxylic acids is 2. The molecule has 3 aromatic heterocycles. The minimum atomic E-state index is -4.43. The highest BCUT2D eigenvalue weighted by Gasteiger charge is 2.40. The number of nitrogens with zero attached hydrogens (tertiary/aromatic N) is 7. The maximum atomic E-state index is 13.4. The van der Waals surface area contributed by atoms with Gasteiger partial charge in [0.1, 0.15) is 30.5 Å². The number of aldehydes is 1. The first kappa shape index (κ1) is 28.7. The van der Waals surface area contributed by atoms with Gasteiger partial charge in [0.25, 0.3) is 0 Å². The van der Waals surface area contributed by atoms with E-state index in [0.29, 0.717) is 29.9 Å². The van der Waals surface area contributed by atoms with Crippen LogP contribution in [0, 0.1) is 6.92 Å². The lowest BCUT2D eigenvalue weighted by molar-refractivity contribution is -0.140. The summed E-state index contributed by atoms with van der Waals surface area (Å²) in [6, 6.07) is 9.17. The molecular formula is C27H31F3N8O2. The molecule has 13 heteroatoms. The predicted octanol–water partition coefficient (Wildman–Crippen LogP) is 3.97. The first-order valence-electron chi connectivity index (χ1n) is 12.5. The number of halogens is 3. The summed E-state index contributed by atoms with van der Waals surface area (Å²) in [4.78, 5) is 34.0. The van der Waals surface area contributed by atoms with Crippen molar-refractivity contribution in [2.45, 2.75) is 46.0 Å². The molecule has 0 radical (unpaired) electrons. The third kappa shape index (κ3) is 5.28. The van der Waals surface area contributed by atoms with Crippen molar-refractivity contribution < 1.29 is 22.8 Å². The Hall–Kier alpha value is -4.26. The summed E-state index contributed by atoms with van der Waals surface area (Å²) in [5.41, 5.74) is 8.65. The van der Waals surface area contributed by atoms with Gasteiger partial charge in [-0.1, -0.05) is 12.1 Å². The maximum Gasteiger partial charge on any atom is 0.406 e. The second kappa shape index (κ2) is 10.7. The molecule has 0 unspecified atom stereocenters. The number of benzene rings is 1. The highest BCUT2D eigenvalue weighted by molar-refractivity contribution is 6.01. The van der Waals surface area contributed by atoms with E-state index in [1.165, 1.54) is 26.4 Å². The van der Waals surface area contributed by atoms with Gasteiger partial charge >= 0.3 is 6.18 Å². The third-order valence-electron chi connectivity index (χ3n) is 7.09. The molecule has 0 spiro atoms. The van der Waals surface area contributed by atoms with Crippen LogP contribution in [0.3, 0.4) is 0 Å². The minimum absolute atomic E-state index is 0.0165. The van der Waals surface area contributed by atoms with Gasteiger partial charge in [-0.2, -0.15) is 18.3 Å². The van der Waals surface area contributed by atoms with Gasteiger partial charge in [-0.15, -0.1) is 0 Å². The number of carbonyl (C=O) groups is 2. The molecule has 1 amide bonds. The van der Waals surface area contributed by atoms with E-state index in [4.69, 9.17) is 10.5 Å². The van der Waals surface area contributed by atoms with Crippen LogP contribution in [0.15, 0.2) is 42.9 Å². The number of likely N-dealkylation sites (N-methyl/N-ethyl adjacent to an activating group) is 1. The smallest absolute Gasteiger partial charge is 0.382 e. The molecule has 0 aliphatic carbocycles. The molecule has 0 saturated carbocycles. The quantitative estimate of drug-likeness (QED) is 0.378. The van der Waals surface area contributed by atoms with Crippen molar-refractivity contribution in [2.75, 3.05) is 30.8 Å². The van der Waals surface area contributed by atoms with Gasteiger partial charge in [-0.05, 0) is 52.9 Å². The Bertz CT molecular complexity index is 1560. The number of imidazole rings is 1. The summed E-state index contributed by atoms with van der Waals surface area (Å²) in [5.74, 6) is 0.333. The molecule has 212 valence electrons. The number of amides is 1. The van der Waals surface area contributed by atoms with Crippen LogP contribution in [0.1, 0.15) is 26.6 Å². The maximum absolute atomic E-state index is 13.4. The first-order valence-corrected chi connectivity index (χ1v) is 12.5. The number of aromatic nitrogens is 5. The Balaban J connectivity index is 0.00000118. The zero-order valence-electron chi connectivity index (χ0n) is 22.9. The number of fused-ring (bicyclic) bond motifs is 1. The summed E-state index contributed by atoms with van der Waals surface area (Å²) in [6.45, 7) is 6.81. The largest absolute Gasteiger partial charge is 0.406 e. The average Bonchev–Trinajstić information content (AvgIpc) is 3.44. The molecule has 0 bridgehead atoms. The Morgan fingerprint density at radius 2 is 1.82 bits per heavy atom. The monoisotopic (exact) mass is 556 g/mol. The van der Waals surface area contributed by atoms with Crippen molar-refractivity contribution in [2.24, 2.45) is 0 Å². The SMILES string of the molecule is CC=O.Cc1ncc(-c2cc(-c3cccc(N4CCN(C)C(C)(C)C4=O)c3)n3ncnc(N)c23)n1CC(F)(F)F. The second-order valence-electron chi connectivity index (χ2n) is 9.96. The number of rotatable bonds is 4. The molecule has 1 saturated heterocycles. The lowest BCUT2D eigenvalue weighted by atomic mass is 9.97. The number of aryl methyl sites for hydroxylation is 1. The number of piperazine rings is 1. The predicted molar refractivity (Wildman–Crippen MR) is 146 cm³/mol. The van der Waals surface area contributed by atoms with Crippen LogP contribution in [0.2, 0.25) is 0 Å². The van der Waals surface area contributed by atoms with Gasteiger partial charge < -0.3 is 20.0 Å². The standard InChI is InChI=1S/C25H27F3N8O.C2H4O/c1-15-30-12-20(35(15)13-25(26,27)28)18-11-19(36-21(18)22(29)31-14-32-36)16-6-5-7-17(10-16)34-9-8-33(4)24(2,3)23(34)37;1-2-3/h5-7,10-12,14H,8-9,13H2,1-4H3,(H2,29,31,32);2H,1H3. The fourth-order valence-electron chi connectivity index (χ4n) is 4.74. The third-order valence-corrected chi connectivity index (χ3v) is 7.09. The Morgan fingerprint density at radius 1 is 1.12 bits per heavy atom. The Kier molecular flexibility index (Phi) is 7.70. The van der Waals surface area contributed by atoms with E-state index in [0.717, 1.165) is 22.1 Å². The number of anilines is 2. The summed E-state index contributed by atoms with van der Waals surface area (Å²) in [7, 11) is 1.93. The summed E-state index contributed by atoms with van der Waals surface area (Å²) >= 11 is 0. The van der Waals surface area contributed by atoms with Crippen LogP contribution in [-0.4, -0.2) is 73.1 Å². The normalized spacial score (nSPS) is 15.7. The van der Waals surface area contributed by atoms with Gasteiger partial charge in [0, 0.05) is 29.9 Å². The molecule has 0 atom stereocenters. The molecule has 1 aliphatic heterocycles. The van der Waals surface area contributed by atoms with E-state index in [1.54, 1.807) is 15.5 Å². The first-order chi connectivity index (χ1) is 18.8. The van der Waals surface area contributed by atoms with Crippen molar-refractivity contribution in [1.82, 2.24) is 29.0 Å². The van der Waals surface area contributed by atoms with Crippen molar-refractivity contribution >= 4 is 29.2 Å².